The molecule has 0 radical (unpaired) electrons. The molecule has 0 saturated carbocycles. The molecule has 0 unspecified atom stereocenters. The second-order valence-electron chi connectivity index (χ2n) is 12.7. The minimum atomic E-state index is 0.557. The highest BCUT2D eigenvalue weighted by atomic mass is 16.4. The van der Waals surface area contributed by atoms with Crippen LogP contribution in [0.25, 0.3) is 101 Å². The van der Waals surface area contributed by atoms with Gasteiger partial charge in [0.15, 0.2) is 23.1 Å². The summed E-state index contributed by atoms with van der Waals surface area (Å²) in [6, 6.07) is 57.2. The highest BCUT2D eigenvalue weighted by molar-refractivity contribution is 6.17. The van der Waals surface area contributed by atoms with Gasteiger partial charge < -0.3 is 8.83 Å². The number of furan rings is 1. The number of fused-ring (bicyclic) bond motifs is 5. The molecule has 244 valence electrons. The van der Waals surface area contributed by atoms with Crippen molar-refractivity contribution in [2.45, 2.75) is 0 Å². The molecule has 6 heteroatoms. The SMILES string of the molecule is c1ccc(-c2cccc(-c3nc(-c4cccc(-c5ccccc5)c4)nc(-c4ccc5oc6ccc7nc(-c8ccccc8)oc7c6c5c4)n3)c2)cc1. The zero-order chi connectivity index (χ0) is 34.4. The topological polar surface area (TPSA) is 77.8 Å². The van der Waals surface area contributed by atoms with Crippen molar-refractivity contribution >= 4 is 33.0 Å². The van der Waals surface area contributed by atoms with Gasteiger partial charge in [-0.1, -0.05) is 115 Å². The van der Waals surface area contributed by atoms with Crippen molar-refractivity contribution in [3.8, 4) is 67.9 Å². The Morgan fingerprint density at radius 2 is 0.808 bits per heavy atom. The van der Waals surface area contributed by atoms with Crippen molar-refractivity contribution < 1.29 is 8.83 Å². The molecule has 0 aliphatic rings. The van der Waals surface area contributed by atoms with E-state index in [2.05, 4.69) is 54.6 Å². The van der Waals surface area contributed by atoms with Crippen LogP contribution >= 0.6 is 0 Å². The van der Waals surface area contributed by atoms with E-state index in [4.69, 9.17) is 28.8 Å². The summed E-state index contributed by atoms with van der Waals surface area (Å²) >= 11 is 0. The lowest BCUT2D eigenvalue weighted by molar-refractivity contribution is 0.622. The van der Waals surface area contributed by atoms with Gasteiger partial charge in [0.2, 0.25) is 5.89 Å². The van der Waals surface area contributed by atoms with Crippen molar-refractivity contribution in [2.24, 2.45) is 0 Å². The van der Waals surface area contributed by atoms with Crippen molar-refractivity contribution in [3.63, 3.8) is 0 Å². The van der Waals surface area contributed by atoms with Crippen molar-refractivity contribution in [1.29, 1.82) is 0 Å². The third kappa shape index (κ3) is 5.30. The predicted molar refractivity (Wildman–Crippen MR) is 207 cm³/mol. The largest absolute Gasteiger partial charge is 0.456 e. The summed E-state index contributed by atoms with van der Waals surface area (Å²) in [5.41, 5.74) is 10.9. The van der Waals surface area contributed by atoms with Crippen LogP contribution in [-0.2, 0) is 0 Å². The molecule has 10 rings (SSSR count). The van der Waals surface area contributed by atoms with Crippen molar-refractivity contribution in [3.05, 3.63) is 170 Å². The molecule has 0 atom stereocenters. The Bertz CT molecular complexity index is 2800. The molecule has 0 bridgehead atoms. The number of oxazole rings is 1. The van der Waals surface area contributed by atoms with Gasteiger partial charge in [-0.15, -0.1) is 0 Å². The molecule has 6 nitrogen and oxygen atoms in total. The Morgan fingerprint density at radius 1 is 0.327 bits per heavy atom. The number of benzene rings is 7. The second kappa shape index (κ2) is 12.3. The molecule has 7 aromatic carbocycles. The molecular weight excluding hydrogens is 641 g/mol. The van der Waals surface area contributed by atoms with Crippen LogP contribution in [0.5, 0.6) is 0 Å². The summed E-state index contributed by atoms with van der Waals surface area (Å²) < 4.78 is 12.7. The molecule has 3 heterocycles. The first-order valence-corrected chi connectivity index (χ1v) is 17.1. The van der Waals surface area contributed by atoms with Crippen LogP contribution in [0.1, 0.15) is 0 Å². The molecule has 0 aliphatic heterocycles. The first-order chi connectivity index (χ1) is 25.7. The fraction of sp³-hybridized carbons (Fsp3) is 0. The van der Waals surface area contributed by atoms with E-state index in [-0.39, 0.29) is 0 Å². The first kappa shape index (κ1) is 29.7. The predicted octanol–water partition coefficient (Wildman–Crippen LogP) is 11.9. The molecule has 0 amide bonds. The maximum absolute atomic E-state index is 6.42. The first-order valence-electron chi connectivity index (χ1n) is 17.1. The highest BCUT2D eigenvalue weighted by Gasteiger charge is 2.19. The van der Waals surface area contributed by atoms with E-state index >= 15 is 0 Å². The minimum Gasteiger partial charge on any atom is -0.456 e. The van der Waals surface area contributed by atoms with E-state index in [0.29, 0.717) is 28.9 Å². The Kier molecular flexibility index (Phi) is 7.03. The quantitative estimate of drug-likeness (QED) is 0.175. The van der Waals surface area contributed by atoms with E-state index in [1.54, 1.807) is 0 Å². The van der Waals surface area contributed by atoms with Crippen LogP contribution in [-0.4, -0.2) is 19.9 Å². The summed E-state index contributed by atoms with van der Waals surface area (Å²) in [6.45, 7) is 0. The zero-order valence-corrected chi connectivity index (χ0v) is 27.8. The fourth-order valence-electron chi connectivity index (χ4n) is 6.79. The molecular formula is C46H28N4O2. The lowest BCUT2D eigenvalue weighted by Gasteiger charge is -2.11. The molecule has 10 aromatic rings. The van der Waals surface area contributed by atoms with E-state index < -0.39 is 0 Å². The van der Waals surface area contributed by atoms with Gasteiger partial charge in [-0.05, 0) is 76.9 Å². The number of nitrogens with zero attached hydrogens (tertiary/aromatic N) is 4. The zero-order valence-electron chi connectivity index (χ0n) is 27.8. The standard InChI is InChI=1S/C46H28N4O2/c1-4-12-29(13-5-1)32-18-10-20-34(26-32)43-48-44(35-21-11-19-33(27-35)30-14-6-2-7-15-30)50-45(49-43)36-22-24-39-37(28-36)41-40(51-39)25-23-38-42(41)52-46(47-38)31-16-8-3-9-17-31/h1-28H. The van der Waals surface area contributed by atoms with E-state index in [9.17, 15) is 0 Å². The smallest absolute Gasteiger partial charge is 0.227 e. The number of hydrogen-bond acceptors (Lipinski definition) is 6. The van der Waals surface area contributed by atoms with Crippen LogP contribution in [0.4, 0.5) is 0 Å². The van der Waals surface area contributed by atoms with E-state index in [1.807, 2.05) is 115 Å². The lowest BCUT2D eigenvalue weighted by Crippen LogP contribution is -2.00. The average Bonchev–Trinajstić information content (AvgIpc) is 3.83. The van der Waals surface area contributed by atoms with Crippen LogP contribution in [0, 0.1) is 0 Å². The second-order valence-corrected chi connectivity index (χ2v) is 12.7. The Balaban J connectivity index is 1.15. The third-order valence-corrected chi connectivity index (χ3v) is 9.36. The minimum absolute atomic E-state index is 0.557. The molecule has 0 fully saturated rings. The monoisotopic (exact) mass is 668 g/mol. The Hall–Kier alpha value is -7.18. The molecule has 0 saturated heterocycles. The number of rotatable bonds is 6. The van der Waals surface area contributed by atoms with Gasteiger partial charge in [-0.2, -0.15) is 0 Å². The summed E-state index contributed by atoms with van der Waals surface area (Å²) in [5.74, 6) is 2.30. The summed E-state index contributed by atoms with van der Waals surface area (Å²) in [6.07, 6.45) is 0. The summed E-state index contributed by atoms with van der Waals surface area (Å²) in [5, 5.41) is 1.76. The van der Waals surface area contributed by atoms with Gasteiger partial charge >= 0.3 is 0 Å². The van der Waals surface area contributed by atoms with Crippen LogP contribution in [0.3, 0.4) is 0 Å². The Morgan fingerprint density at radius 3 is 1.38 bits per heavy atom. The maximum Gasteiger partial charge on any atom is 0.227 e. The van der Waals surface area contributed by atoms with Gasteiger partial charge in [0.1, 0.15) is 16.7 Å². The van der Waals surface area contributed by atoms with Crippen molar-refractivity contribution in [2.75, 3.05) is 0 Å². The van der Waals surface area contributed by atoms with Gasteiger partial charge in [-0.25, -0.2) is 19.9 Å². The highest BCUT2D eigenvalue weighted by Crippen LogP contribution is 2.39. The molecule has 3 aromatic heterocycles. The molecule has 0 N–H and O–H groups in total. The van der Waals surface area contributed by atoms with Gasteiger partial charge in [-0.3, -0.25) is 0 Å². The maximum atomic E-state index is 6.42. The fourth-order valence-corrected chi connectivity index (χ4v) is 6.79. The van der Waals surface area contributed by atoms with Gasteiger partial charge in [0, 0.05) is 27.6 Å². The van der Waals surface area contributed by atoms with Crippen LogP contribution in [0.15, 0.2) is 179 Å². The lowest BCUT2D eigenvalue weighted by atomic mass is 10.0. The third-order valence-electron chi connectivity index (χ3n) is 9.36. The van der Waals surface area contributed by atoms with Crippen LogP contribution in [0.2, 0.25) is 0 Å². The van der Waals surface area contributed by atoms with Crippen LogP contribution < -0.4 is 0 Å². The Labute approximate surface area is 298 Å². The average molecular weight is 669 g/mol. The van der Waals surface area contributed by atoms with Gasteiger partial charge in [0.25, 0.3) is 0 Å². The molecule has 52 heavy (non-hydrogen) atoms. The summed E-state index contributed by atoms with van der Waals surface area (Å²) in [4.78, 5) is 20.1. The number of aromatic nitrogens is 4. The normalized spacial score (nSPS) is 11.5. The number of hydrogen-bond donors (Lipinski definition) is 0. The van der Waals surface area contributed by atoms with E-state index in [0.717, 1.165) is 72.0 Å². The summed E-state index contributed by atoms with van der Waals surface area (Å²) in [7, 11) is 0. The van der Waals surface area contributed by atoms with E-state index in [1.165, 1.54) is 0 Å². The molecule has 0 spiro atoms. The molecule has 0 aliphatic carbocycles. The van der Waals surface area contributed by atoms with Crippen molar-refractivity contribution in [1.82, 2.24) is 19.9 Å². The van der Waals surface area contributed by atoms with Gasteiger partial charge in [0.05, 0.1) is 5.39 Å².